The summed E-state index contributed by atoms with van der Waals surface area (Å²) in [7, 11) is 1.70. The molecule has 26 heavy (non-hydrogen) atoms. The lowest BCUT2D eigenvalue weighted by atomic mass is 9.58. The number of piperidine rings is 1. The predicted molar refractivity (Wildman–Crippen MR) is 100 cm³/mol. The van der Waals surface area contributed by atoms with E-state index in [1.165, 1.54) is 0 Å². The van der Waals surface area contributed by atoms with Crippen LogP contribution in [-0.4, -0.2) is 59.0 Å². The molecule has 1 saturated carbocycles. The van der Waals surface area contributed by atoms with Crippen LogP contribution in [0.15, 0.2) is 24.3 Å². The summed E-state index contributed by atoms with van der Waals surface area (Å²) in [6.45, 7) is 4.91. The highest BCUT2D eigenvalue weighted by atomic mass is 16.5. The molecule has 1 aliphatic heterocycles. The third-order valence-corrected chi connectivity index (χ3v) is 6.21. The number of aryl methyl sites for hydroxylation is 1. The van der Waals surface area contributed by atoms with Crippen LogP contribution >= 0.6 is 0 Å². The van der Waals surface area contributed by atoms with E-state index in [9.17, 15) is 15.0 Å². The van der Waals surface area contributed by atoms with Crippen molar-refractivity contribution in [2.75, 3.05) is 20.2 Å². The fourth-order valence-corrected chi connectivity index (χ4v) is 4.33. The summed E-state index contributed by atoms with van der Waals surface area (Å²) < 4.78 is 5.52. The smallest absolute Gasteiger partial charge is 0.253 e. The Hall–Kier alpha value is -1.43. The normalized spacial score (nSPS) is 25.2. The van der Waals surface area contributed by atoms with E-state index in [4.69, 9.17) is 4.74 Å². The standard InChI is InChI=1S/C21H31NO4/c1-20(2,25)8-7-15-5-4-6-16(13-15)19(24)22-11-9-21(10-12-22)17(23)14-18(21)26-3/h4-6,13,17-18,23,25H,7-12,14H2,1-3H3/t17-,18+/m0/s1. The molecule has 1 aromatic carbocycles. The van der Waals surface area contributed by atoms with Gasteiger partial charge in [0, 0.05) is 37.6 Å². The highest BCUT2D eigenvalue weighted by Crippen LogP contribution is 2.50. The second kappa shape index (κ2) is 7.29. The van der Waals surface area contributed by atoms with Crippen molar-refractivity contribution in [1.29, 1.82) is 0 Å². The summed E-state index contributed by atoms with van der Waals surface area (Å²) in [6, 6.07) is 7.71. The number of carbonyl (C=O) groups is 1. The molecule has 2 aliphatic rings. The Morgan fingerprint density at radius 1 is 1.35 bits per heavy atom. The average molecular weight is 361 g/mol. The lowest BCUT2D eigenvalue weighted by Crippen LogP contribution is -2.62. The highest BCUT2D eigenvalue weighted by molar-refractivity contribution is 5.94. The van der Waals surface area contributed by atoms with Gasteiger partial charge >= 0.3 is 0 Å². The quantitative estimate of drug-likeness (QED) is 0.845. The monoisotopic (exact) mass is 361 g/mol. The van der Waals surface area contributed by atoms with Gasteiger partial charge in [0.2, 0.25) is 0 Å². The number of nitrogens with zero attached hydrogens (tertiary/aromatic N) is 1. The van der Waals surface area contributed by atoms with Crippen molar-refractivity contribution in [3.8, 4) is 0 Å². The molecule has 0 bridgehead atoms. The van der Waals surface area contributed by atoms with E-state index in [0.29, 0.717) is 31.5 Å². The molecule has 1 spiro atoms. The summed E-state index contributed by atoms with van der Waals surface area (Å²) in [5.41, 5.74) is 0.898. The summed E-state index contributed by atoms with van der Waals surface area (Å²) in [5.74, 6) is 0.0488. The predicted octanol–water partition coefficient (Wildman–Crippen LogP) is 2.39. The van der Waals surface area contributed by atoms with Gasteiger partial charge < -0.3 is 19.8 Å². The number of likely N-dealkylation sites (tertiary alicyclic amines) is 1. The maximum absolute atomic E-state index is 12.9. The van der Waals surface area contributed by atoms with Crippen LogP contribution in [0.4, 0.5) is 0 Å². The molecule has 0 aromatic heterocycles. The fourth-order valence-electron chi connectivity index (χ4n) is 4.33. The highest BCUT2D eigenvalue weighted by Gasteiger charge is 2.56. The zero-order valence-electron chi connectivity index (χ0n) is 16.1. The number of hydrogen-bond donors (Lipinski definition) is 2. The van der Waals surface area contributed by atoms with Gasteiger partial charge in [0.1, 0.15) is 0 Å². The molecule has 3 rings (SSSR count). The first-order valence-electron chi connectivity index (χ1n) is 9.57. The van der Waals surface area contributed by atoms with E-state index in [1.54, 1.807) is 21.0 Å². The van der Waals surface area contributed by atoms with Gasteiger partial charge in [-0.3, -0.25) is 4.79 Å². The first kappa shape index (κ1) is 19.3. The van der Waals surface area contributed by atoms with Gasteiger partial charge in [0.05, 0.1) is 17.8 Å². The van der Waals surface area contributed by atoms with E-state index in [2.05, 4.69) is 0 Å². The summed E-state index contributed by atoms with van der Waals surface area (Å²) >= 11 is 0. The van der Waals surface area contributed by atoms with E-state index >= 15 is 0 Å². The molecule has 1 saturated heterocycles. The number of amides is 1. The molecule has 2 atom stereocenters. The van der Waals surface area contributed by atoms with Crippen molar-refractivity contribution >= 4 is 5.91 Å². The van der Waals surface area contributed by atoms with E-state index in [-0.39, 0.29) is 23.5 Å². The molecule has 1 amide bonds. The average Bonchev–Trinajstić information content (AvgIpc) is 2.63. The minimum absolute atomic E-state index is 0.0488. The summed E-state index contributed by atoms with van der Waals surface area (Å²) in [5, 5.41) is 20.1. The van der Waals surface area contributed by atoms with E-state index < -0.39 is 5.60 Å². The van der Waals surface area contributed by atoms with Crippen molar-refractivity contribution < 1.29 is 19.7 Å². The molecule has 0 radical (unpaired) electrons. The molecule has 0 unspecified atom stereocenters. The van der Waals surface area contributed by atoms with Crippen LogP contribution in [0.25, 0.3) is 0 Å². The number of aliphatic hydroxyl groups is 2. The Labute approximate surface area is 156 Å². The van der Waals surface area contributed by atoms with Crippen LogP contribution in [0, 0.1) is 5.41 Å². The second-order valence-electron chi connectivity index (χ2n) is 8.51. The second-order valence-corrected chi connectivity index (χ2v) is 8.51. The third-order valence-electron chi connectivity index (χ3n) is 6.21. The molecule has 1 heterocycles. The van der Waals surface area contributed by atoms with Crippen molar-refractivity contribution in [2.45, 2.75) is 63.8 Å². The van der Waals surface area contributed by atoms with Gasteiger partial charge in [-0.15, -0.1) is 0 Å². The number of benzene rings is 1. The Balaban J connectivity index is 1.62. The van der Waals surface area contributed by atoms with Crippen molar-refractivity contribution in [1.82, 2.24) is 4.90 Å². The molecule has 2 N–H and O–H groups in total. The van der Waals surface area contributed by atoms with E-state index in [0.717, 1.165) is 24.8 Å². The van der Waals surface area contributed by atoms with Gasteiger partial charge in [-0.1, -0.05) is 12.1 Å². The SMILES string of the molecule is CO[C@@H]1C[C@H](O)C12CCN(C(=O)c1cccc(CCC(C)(C)O)c1)CC2. The van der Waals surface area contributed by atoms with Crippen molar-refractivity contribution in [2.24, 2.45) is 5.41 Å². The van der Waals surface area contributed by atoms with Crippen LogP contribution in [-0.2, 0) is 11.2 Å². The van der Waals surface area contributed by atoms with Gasteiger partial charge in [0.25, 0.3) is 5.91 Å². The number of carbonyl (C=O) groups excluding carboxylic acids is 1. The van der Waals surface area contributed by atoms with Gasteiger partial charge in [0.15, 0.2) is 0 Å². The molecule has 144 valence electrons. The van der Waals surface area contributed by atoms with Crippen molar-refractivity contribution in [3.05, 3.63) is 35.4 Å². The molecular formula is C21H31NO4. The molecule has 5 nitrogen and oxygen atoms in total. The Morgan fingerprint density at radius 2 is 2.04 bits per heavy atom. The van der Waals surface area contributed by atoms with Gasteiger partial charge in [-0.05, 0) is 57.2 Å². The van der Waals surface area contributed by atoms with E-state index in [1.807, 2.05) is 29.2 Å². The molecule has 1 aliphatic carbocycles. The number of ether oxygens (including phenoxy) is 1. The maximum Gasteiger partial charge on any atom is 0.253 e. The number of hydrogen-bond acceptors (Lipinski definition) is 4. The molecule has 2 fully saturated rings. The Kier molecular flexibility index (Phi) is 5.42. The Bertz CT molecular complexity index is 644. The zero-order chi connectivity index (χ0) is 18.9. The third kappa shape index (κ3) is 3.80. The molecular weight excluding hydrogens is 330 g/mol. The van der Waals surface area contributed by atoms with Crippen LogP contribution in [0.2, 0.25) is 0 Å². The summed E-state index contributed by atoms with van der Waals surface area (Å²) in [4.78, 5) is 14.8. The first-order valence-corrected chi connectivity index (χ1v) is 9.57. The van der Waals surface area contributed by atoms with Crippen LogP contribution in [0.1, 0.15) is 55.5 Å². The maximum atomic E-state index is 12.9. The molecule has 5 heteroatoms. The topological polar surface area (TPSA) is 70.0 Å². The lowest BCUT2D eigenvalue weighted by molar-refractivity contribution is -0.199. The van der Waals surface area contributed by atoms with Crippen LogP contribution < -0.4 is 0 Å². The Morgan fingerprint density at radius 3 is 2.62 bits per heavy atom. The minimum atomic E-state index is -0.706. The number of rotatable bonds is 5. The van der Waals surface area contributed by atoms with Gasteiger partial charge in [-0.2, -0.15) is 0 Å². The van der Waals surface area contributed by atoms with Crippen LogP contribution in [0.3, 0.4) is 0 Å². The van der Waals surface area contributed by atoms with Gasteiger partial charge in [-0.25, -0.2) is 0 Å². The summed E-state index contributed by atoms with van der Waals surface area (Å²) in [6.07, 6.45) is 3.49. The first-order chi connectivity index (χ1) is 12.2. The molecule has 1 aromatic rings. The lowest BCUT2D eigenvalue weighted by Gasteiger charge is -2.56. The fraction of sp³-hybridized carbons (Fsp3) is 0.667. The van der Waals surface area contributed by atoms with Crippen LogP contribution in [0.5, 0.6) is 0 Å². The number of methoxy groups -OCH3 is 1. The largest absolute Gasteiger partial charge is 0.392 e. The minimum Gasteiger partial charge on any atom is -0.392 e. The zero-order valence-corrected chi connectivity index (χ0v) is 16.1. The number of aliphatic hydroxyl groups excluding tert-OH is 1. The van der Waals surface area contributed by atoms with Crippen molar-refractivity contribution in [3.63, 3.8) is 0 Å².